The van der Waals surface area contributed by atoms with Crippen LogP contribution in [0.2, 0.25) is 10.0 Å². The number of hydrogen-bond acceptors (Lipinski definition) is 3. The number of benzene rings is 1. The number of carbonyl (C=O) groups is 2. The zero-order valence-corrected chi connectivity index (χ0v) is 15.9. The van der Waals surface area contributed by atoms with Gasteiger partial charge in [-0.3, -0.25) is 0 Å². The summed E-state index contributed by atoms with van der Waals surface area (Å²) in [5.41, 5.74) is 0.923. The van der Waals surface area contributed by atoms with Gasteiger partial charge in [-0.15, -0.1) is 0 Å². The molecule has 8 heteroatoms. The van der Waals surface area contributed by atoms with Gasteiger partial charge in [0.1, 0.15) is 0 Å². The average Bonchev–Trinajstić information content (AvgIpc) is 2.62. The van der Waals surface area contributed by atoms with Crippen molar-refractivity contribution in [3.63, 3.8) is 0 Å². The smallest absolute Gasteiger partial charge is 0.409 e. The SMILES string of the molecule is CCN(Cc1ccc(Cl)c(Cl)c1)C(=O)NC1CCN(C(=O)OC)CC1. The summed E-state index contributed by atoms with van der Waals surface area (Å²) in [6, 6.07) is 5.29. The zero-order chi connectivity index (χ0) is 18.4. The summed E-state index contributed by atoms with van der Waals surface area (Å²) in [5, 5.41) is 4.02. The number of carbonyl (C=O) groups excluding carboxylic acids is 2. The highest BCUT2D eigenvalue weighted by Gasteiger charge is 2.25. The summed E-state index contributed by atoms with van der Waals surface area (Å²) >= 11 is 12.0. The molecule has 1 saturated heterocycles. The molecule has 0 aliphatic carbocycles. The first-order valence-corrected chi connectivity index (χ1v) is 9.02. The van der Waals surface area contributed by atoms with Crippen molar-refractivity contribution in [3.8, 4) is 0 Å². The average molecular weight is 388 g/mol. The quantitative estimate of drug-likeness (QED) is 0.855. The van der Waals surface area contributed by atoms with Gasteiger partial charge in [-0.2, -0.15) is 0 Å². The Hall–Kier alpha value is -1.66. The summed E-state index contributed by atoms with van der Waals surface area (Å²) in [4.78, 5) is 27.4. The summed E-state index contributed by atoms with van der Waals surface area (Å²) < 4.78 is 4.72. The van der Waals surface area contributed by atoms with Crippen LogP contribution < -0.4 is 5.32 Å². The van der Waals surface area contributed by atoms with Crippen molar-refractivity contribution in [2.24, 2.45) is 0 Å². The molecule has 0 unspecified atom stereocenters. The van der Waals surface area contributed by atoms with Gasteiger partial charge in [-0.25, -0.2) is 9.59 Å². The normalized spacial score (nSPS) is 15.0. The lowest BCUT2D eigenvalue weighted by Gasteiger charge is -2.32. The van der Waals surface area contributed by atoms with Gasteiger partial charge in [0.15, 0.2) is 0 Å². The minimum absolute atomic E-state index is 0.0521. The van der Waals surface area contributed by atoms with Crippen LogP contribution in [0.25, 0.3) is 0 Å². The monoisotopic (exact) mass is 387 g/mol. The first kappa shape index (κ1) is 19.7. The van der Waals surface area contributed by atoms with E-state index in [-0.39, 0.29) is 18.2 Å². The Kier molecular flexibility index (Phi) is 7.20. The van der Waals surface area contributed by atoms with Gasteiger partial charge in [0.2, 0.25) is 0 Å². The molecule has 1 aliphatic heterocycles. The molecule has 25 heavy (non-hydrogen) atoms. The molecule has 0 aromatic heterocycles. The molecule has 1 aromatic rings. The molecule has 1 fully saturated rings. The molecule has 3 amide bonds. The van der Waals surface area contributed by atoms with Gasteiger partial charge >= 0.3 is 12.1 Å². The topological polar surface area (TPSA) is 61.9 Å². The number of piperidine rings is 1. The molecule has 1 heterocycles. The van der Waals surface area contributed by atoms with Crippen LogP contribution in [-0.4, -0.2) is 54.7 Å². The second kappa shape index (κ2) is 9.15. The highest BCUT2D eigenvalue weighted by molar-refractivity contribution is 6.42. The molecular formula is C17H23Cl2N3O3. The number of ether oxygens (including phenoxy) is 1. The predicted molar refractivity (Wildman–Crippen MR) is 98.1 cm³/mol. The van der Waals surface area contributed by atoms with Gasteiger partial charge in [0.25, 0.3) is 0 Å². The van der Waals surface area contributed by atoms with Crippen molar-refractivity contribution in [2.75, 3.05) is 26.7 Å². The minimum Gasteiger partial charge on any atom is -0.453 e. The molecule has 0 radical (unpaired) electrons. The number of amides is 3. The van der Waals surface area contributed by atoms with Crippen LogP contribution in [0, 0.1) is 0 Å². The maximum absolute atomic E-state index is 12.5. The predicted octanol–water partition coefficient (Wildman–Crippen LogP) is 3.76. The fraction of sp³-hybridized carbons (Fsp3) is 0.529. The van der Waals surface area contributed by atoms with E-state index in [2.05, 4.69) is 5.32 Å². The third-order valence-electron chi connectivity index (χ3n) is 4.28. The summed E-state index contributed by atoms with van der Waals surface area (Å²) in [5.74, 6) is 0. The Labute approximate surface area is 158 Å². The van der Waals surface area contributed by atoms with E-state index in [4.69, 9.17) is 27.9 Å². The van der Waals surface area contributed by atoms with E-state index in [1.165, 1.54) is 7.11 Å². The number of urea groups is 1. The lowest BCUT2D eigenvalue weighted by Crippen LogP contribution is -2.50. The van der Waals surface area contributed by atoms with Crippen molar-refractivity contribution in [1.29, 1.82) is 0 Å². The van der Waals surface area contributed by atoms with Crippen molar-refractivity contribution in [2.45, 2.75) is 32.4 Å². The maximum Gasteiger partial charge on any atom is 0.409 e. The molecule has 0 atom stereocenters. The zero-order valence-electron chi connectivity index (χ0n) is 14.4. The number of halogens is 2. The molecule has 6 nitrogen and oxygen atoms in total. The summed E-state index contributed by atoms with van der Waals surface area (Å²) in [7, 11) is 1.37. The Morgan fingerprint density at radius 2 is 1.96 bits per heavy atom. The lowest BCUT2D eigenvalue weighted by atomic mass is 10.1. The molecule has 0 spiro atoms. The molecule has 1 aromatic carbocycles. The van der Waals surface area contributed by atoms with Crippen molar-refractivity contribution >= 4 is 35.3 Å². The van der Waals surface area contributed by atoms with Crippen LogP contribution in [0.1, 0.15) is 25.3 Å². The molecule has 0 bridgehead atoms. The lowest BCUT2D eigenvalue weighted by molar-refractivity contribution is 0.109. The Bertz CT molecular complexity index is 619. The van der Waals surface area contributed by atoms with E-state index in [1.807, 2.05) is 13.0 Å². The Balaban J connectivity index is 1.88. The van der Waals surface area contributed by atoms with Crippen molar-refractivity contribution in [3.05, 3.63) is 33.8 Å². The van der Waals surface area contributed by atoms with Crippen LogP contribution in [0.5, 0.6) is 0 Å². The van der Waals surface area contributed by atoms with Crippen molar-refractivity contribution in [1.82, 2.24) is 15.1 Å². The molecule has 1 N–H and O–H groups in total. The van der Waals surface area contributed by atoms with Crippen LogP contribution in [0.4, 0.5) is 9.59 Å². The van der Waals surface area contributed by atoms with Crippen molar-refractivity contribution < 1.29 is 14.3 Å². The van der Waals surface area contributed by atoms with E-state index in [9.17, 15) is 9.59 Å². The van der Waals surface area contributed by atoms with Gasteiger partial charge in [0, 0.05) is 32.2 Å². The number of likely N-dealkylation sites (tertiary alicyclic amines) is 1. The minimum atomic E-state index is -0.320. The highest BCUT2D eigenvalue weighted by atomic mass is 35.5. The van der Waals surface area contributed by atoms with E-state index in [0.717, 1.165) is 5.56 Å². The Morgan fingerprint density at radius 3 is 2.52 bits per heavy atom. The van der Waals surface area contributed by atoms with Gasteiger partial charge < -0.3 is 19.9 Å². The summed E-state index contributed by atoms with van der Waals surface area (Å²) in [6.45, 7) is 4.12. The van der Waals surface area contributed by atoms with Crippen LogP contribution >= 0.6 is 23.2 Å². The number of methoxy groups -OCH3 is 1. The van der Waals surface area contributed by atoms with Crippen LogP contribution in [0.3, 0.4) is 0 Å². The molecule has 138 valence electrons. The third-order valence-corrected chi connectivity index (χ3v) is 5.02. The van der Waals surface area contributed by atoms with E-state index in [0.29, 0.717) is 49.1 Å². The molecule has 0 saturated carbocycles. The Morgan fingerprint density at radius 1 is 1.28 bits per heavy atom. The fourth-order valence-electron chi connectivity index (χ4n) is 2.79. The van der Waals surface area contributed by atoms with Gasteiger partial charge in [-0.05, 0) is 37.5 Å². The van der Waals surface area contributed by atoms with E-state index < -0.39 is 0 Å². The largest absolute Gasteiger partial charge is 0.453 e. The van der Waals surface area contributed by atoms with E-state index >= 15 is 0 Å². The van der Waals surface area contributed by atoms with Crippen LogP contribution in [0.15, 0.2) is 18.2 Å². The number of rotatable bonds is 4. The van der Waals surface area contributed by atoms with E-state index in [1.54, 1.807) is 21.9 Å². The number of nitrogens with zero attached hydrogens (tertiary/aromatic N) is 2. The maximum atomic E-state index is 12.5. The molecule has 2 rings (SSSR count). The summed E-state index contributed by atoms with van der Waals surface area (Å²) in [6.07, 6.45) is 1.11. The number of nitrogens with one attached hydrogen (secondary N) is 1. The van der Waals surface area contributed by atoms with Crippen LogP contribution in [-0.2, 0) is 11.3 Å². The van der Waals surface area contributed by atoms with Gasteiger partial charge in [0.05, 0.1) is 17.2 Å². The first-order chi connectivity index (χ1) is 11.9. The van der Waals surface area contributed by atoms with Gasteiger partial charge in [-0.1, -0.05) is 29.3 Å². The number of hydrogen-bond donors (Lipinski definition) is 1. The standard InChI is InChI=1S/C17H23Cl2N3O3/c1-3-21(11-12-4-5-14(18)15(19)10-12)16(23)20-13-6-8-22(9-7-13)17(24)25-2/h4-5,10,13H,3,6-9,11H2,1-2H3,(H,20,23). The first-order valence-electron chi connectivity index (χ1n) is 8.26. The second-order valence-electron chi connectivity index (χ2n) is 5.94. The second-order valence-corrected chi connectivity index (χ2v) is 6.76. The molecule has 1 aliphatic rings. The fourth-order valence-corrected chi connectivity index (χ4v) is 3.11. The third kappa shape index (κ3) is 5.41. The molecular weight excluding hydrogens is 365 g/mol. The highest BCUT2D eigenvalue weighted by Crippen LogP contribution is 2.23.